The van der Waals surface area contributed by atoms with Crippen LogP contribution in [-0.2, 0) is 9.59 Å². The van der Waals surface area contributed by atoms with Gasteiger partial charge in [-0.1, -0.05) is 51.7 Å². The summed E-state index contributed by atoms with van der Waals surface area (Å²) in [5.74, 6) is 0.226. The summed E-state index contributed by atoms with van der Waals surface area (Å²) in [7, 11) is 0. The van der Waals surface area contributed by atoms with Crippen molar-refractivity contribution in [1.82, 2.24) is 0 Å². The molecule has 3 N–H and O–H groups in total. The van der Waals surface area contributed by atoms with Gasteiger partial charge in [-0.25, -0.2) is 0 Å². The number of hydrogen-bond acceptors (Lipinski definition) is 5. The molecule has 0 fully saturated rings. The second kappa shape index (κ2) is 14.0. The predicted octanol–water partition coefficient (Wildman–Crippen LogP) is 4.33. The Labute approximate surface area is 173 Å². The summed E-state index contributed by atoms with van der Waals surface area (Å²) in [6.07, 6.45) is 10.3. The molecule has 0 radical (unpaired) electrons. The van der Waals surface area contributed by atoms with Gasteiger partial charge in [0.05, 0.1) is 12.2 Å². The van der Waals surface area contributed by atoms with Crippen LogP contribution in [0.3, 0.4) is 0 Å². The van der Waals surface area contributed by atoms with E-state index in [0.29, 0.717) is 30.8 Å². The van der Waals surface area contributed by atoms with Crippen molar-refractivity contribution in [3.63, 3.8) is 0 Å². The van der Waals surface area contributed by atoms with Crippen molar-refractivity contribution in [3.05, 3.63) is 22.6 Å². The third-order valence-corrected chi connectivity index (χ3v) is 6.47. The smallest absolute Gasteiger partial charge is 0.303 e. The Morgan fingerprint density at radius 1 is 1.29 bits per heavy atom. The number of rotatable bonds is 15. The molecule has 0 aromatic carbocycles. The van der Waals surface area contributed by atoms with E-state index >= 15 is 0 Å². The molecule has 1 aliphatic rings. The summed E-state index contributed by atoms with van der Waals surface area (Å²) in [5, 5.41) is 29.3. The van der Waals surface area contributed by atoms with Crippen molar-refractivity contribution in [3.8, 4) is 0 Å². The van der Waals surface area contributed by atoms with Crippen molar-refractivity contribution in [2.75, 3.05) is 5.75 Å². The van der Waals surface area contributed by atoms with E-state index in [0.717, 1.165) is 49.0 Å². The Balaban J connectivity index is 2.55. The number of aliphatic carboxylic acids is 1. The molecular formula is C22H36O5S. The van der Waals surface area contributed by atoms with E-state index < -0.39 is 18.2 Å². The fourth-order valence-corrected chi connectivity index (χ4v) is 4.81. The van der Waals surface area contributed by atoms with E-state index in [9.17, 15) is 19.8 Å². The van der Waals surface area contributed by atoms with Crippen LogP contribution in [0.2, 0.25) is 0 Å². The average molecular weight is 413 g/mol. The summed E-state index contributed by atoms with van der Waals surface area (Å²) in [4.78, 5) is 22.8. The van der Waals surface area contributed by atoms with Crippen LogP contribution in [0.1, 0.15) is 71.6 Å². The molecule has 0 saturated carbocycles. The molecule has 0 unspecified atom stereocenters. The van der Waals surface area contributed by atoms with Crippen LogP contribution in [0, 0.1) is 11.8 Å². The van der Waals surface area contributed by atoms with Crippen LogP contribution >= 0.6 is 11.8 Å². The lowest BCUT2D eigenvalue weighted by Crippen LogP contribution is -2.15. The minimum absolute atomic E-state index is 0.186. The molecule has 0 aliphatic heterocycles. The molecule has 0 amide bonds. The minimum atomic E-state index is -0.773. The van der Waals surface area contributed by atoms with Gasteiger partial charge in [0.1, 0.15) is 6.29 Å². The maximum atomic E-state index is 11.4. The molecule has 6 heteroatoms. The van der Waals surface area contributed by atoms with Crippen molar-refractivity contribution in [2.24, 2.45) is 11.8 Å². The second-order valence-corrected chi connectivity index (χ2v) is 8.93. The lowest BCUT2D eigenvalue weighted by Gasteiger charge is -2.17. The molecule has 28 heavy (non-hydrogen) atoms. The van der Waals surface area contributed by atoms with E-state index in [2.05, 4.69) is 13.8 Å². The molecule has 5 nitrogen and oxygen atoms in total. The van der Waals surface area contributed by atoms with Gasteiger partial charge in [-0.15, -0.1) is 11.8 Å². The van der Waals surface area contributed by atoms with Crippen LogP contribution in [0.5, 0.6) is 0 Å². The van der Waals surface area contributed by atoms with E-state index in [1.54, 1.807) is 17.8 Å². The molecule has 160 valence electrons. The van der Waals surface area contributed by atoms with Crippen LogP contribution in [0.4, 0.5) is 0 Å². The molecule has 4 atom stereocenters. The third-order valence-electron chi connectivity index (χ3n) is 5.13. The Morgan fingerprint density at radius 3 is 2.68 bits per heavy atom. The van der Waals surface area contributed by atoms with Gasteiger partial charge >= 0.3 is 5.97 Å². The molecule has 0 aromatic rings. The maximum Gasteiger partial charge on any atom is 0.303 e. The van der Waals surface area contributed by atoms with Crippen LogP contribution in [0.25, 0.3) is 0 Å². The van der Waals surface area contributed by atoms with E-state index in [1.165, 1.54) is 0 Å². The molecule has 0 bridgehead atoms. The van der Waals surface area contributed by atoms with Gasteiger partial charge in [0.25, 0.3) is 0 Å². The first-order chi connectivity index (χ1) is 13.4. The molecule has 0 spiro atoms. The Morgan fingerprint density at radius 2 is 2.04 bits per heavy atom. The highest BCUT2D eigenvalue weighted by Gasteiger charge is 2.32. The number of aliphatic hydroxyl groups is 2. The third kappa shape index (κ3) is 9.39. The first kappa shape index (κ1) is 24.9. The van der Waals surface area contributed by atoms with Gasteiger partial charge in [-0.2, -0.15) is 0 Å². The van der Waals surface area contributed by atoms with Crippen LogP contribution in [0.15, 0.2) is 22.6 Å². The lowest BCUT2D eigenvalue weighted by molar-refractivity contribution is -0.137. The SMILES string of the molecule is CCCC[C@@H](C)C[C@H](O)/C=C/[C@@H]1C(SCCCCCC(=O)O)=C(C=O)C[C@H]1O. The number of aldehydes is 1. The zero-order valence-corrected chi connectivity index (χ0v) is 18.0. The van der Waals surface area contributed by atoms with Crippen molar-refractivity contribution < 1.29 is 24.9 Å². The van der Waals surface area contributed by atoms with E-state index in [1.807, 2.05) is 6.08 Å². The minimum Gasteiger partial charge on any atom is -0.481 e. The summed E-state index contributed by atoms with van der Waals surface area (Å²) < 4.78 is 0. The van der Waals surface area contributed by atoms with Gasteiger partial charge in [0.2, 0.25) is 0 Å². The average Bonchev–Trinajstić information content (AvgIpc) is 2.95. The summed E-state index contributed by atoms with van der Waals surface area (Å²) in [6, 6.07) is 0. The van der Waals surface area contributed by atoms with Crippen molar-refractivity contribution in [1.29, 1.82) is 0 Å². The van der Waals surface area contributed by atoms with Crippen LogP contribution < -0.4 is 0 Å². The predicted molar refractivity (Wildman–Crippen MR) is 114 cm³/mol. The highest BCUT2D eigenvalue weighted by molar-refractivity contribution is 8.03. The molecule has 1 aliphatic carbocycles. The standard InChI is InChI=1S/C22H36O5S/c1-3-4-8-16(2)13-18(24)10-11-19-20(25)14-17(15-23)22(19)28-12-7-5-6-9-21(26)27/h10-11,15-16,18-20,24-25H,3-9,12-14H2,1-2H3,(H,26,27)/b11-10+/t16-,18-,19+,20-/m1/s1. The highest BCUT2D eigenvalue weighted by atomic mass is 32.2. The fourth-order valence-electron chi connectivity index (χ4n) is 3.50. The first-order valence-electron chi connectivity index (χ1n) is 10.5. The van der Waals surface area contributed by atoms with Crippen LogP contribution in [-0.4, -0.2) is 45.5 Å². The van der Waals surface area contributed by atoms with Crippen molar-refractivity contribution >= 4 is 24.0 Å². The van der Waals surface area contributed by atoms with E-state index in [4.69, 9.17) is 5.11 Å². The zero-order valence-electron chi connectivity index (χ0n) is 17.2. The zero-order chi connectivity index (χ0) is 20.9. The highest BCUT2D eigenvalue weighted by Crippen LogP contribution is 2.40. The number of thioether (sulfide) groups is 1. The molecule has 0 aromatic heterocycles. The normalized spacial score (nSPS) is 22.0. The summed E-state index contributed by atoms with van der Waals surface area (Å²) >= 11 is 1.57. The molecule has 1 rings (SSSR count). The monoisotopic (exact) mass is 412 g/mol. The number of hydrogen-bond donors (Lipinski definition) is 3. The summed E-state index contributed by atoms with van der Waals surface area (Å²) in [5.41, 5.74) is 0.642. The second-order valence-electron chi connectivity index (χ2n) is 7.79. The topological polar surface area (TPSA) is 94.8 Å². The summed E-state index contributed by atoms with van der Waals surface area (Å²) in [6.45, 7) is 4.31. The van der Waals surface area contributed by atoms with E-state index in [-0.39, 0.29) is 12.3 Å². The number of aliphatic hydroxyl groups excluding tert-OH is 2. The lowest BCUT2D eigenvalue weighted by atomic mass is 9.96. The van der Waals surface area contributed by atoms with Gasteiger partial charge < -0.3 is 15.3 Å². The molecule has 0 heterocycles. The van der Waals surface area contributed by atoms with Gasteiger partial charge in [0.15, 0.2) is 0 Å². The molecule has 0 saturated heterocycles. The first-order valence-corrected chi connectivity index (χ1v) is 11.4. The maximum absolute atomic E-state index is 11.4. The number of carbonyl (C=O) groups excluding carboxylic acids is 1. The van der Waals surface area contributed by atoms with Gasteiger partial charge in [-0.05, 0) is 30.9 Å². The van der Waals surface area contributed by atoms with Gasteiger partial charge in [-0.3, -0.25) is 9.59 Å². The molecular weight excluding hydrogens is 376 g/mol. The Hall–Kier alpha value is -1.11. The fraction of sp³-hybridized carbons (Fsp3) is 0.727. The van der Waals surface area contributed by atoms with Crippen molar-refractivity contribution in [2.45, 2.75) is 83.8 Å². The number of carbonyl (C=O) groups is 2. The quantitative estimate of drug-likeness (QED) is 0.210. The van der Waals surface area contributed by atoms with Gasteiger partial charge in [0, 0.05) is 29.2 Å². The Bertz CT molecular complexity index is 543. The Kier molecular flexibility index (Phi) is 12.4. The number of unbranched alkanes of at least 4 members (excludes halogenated alkanes) is 3. The number of carboxylic acid groups (broad SMARTS) is 1. The number of carboxylic acids is 1. The largest absolute Gasteiger partial charge is 0.481 e.